The van der Waals surface area contributed by atoms with Crippen LogP contribution in [-0.4, -0.2) is 55.8 Å². The second-order valence-electron chi connectivity index (χ2n) is 8.12. The van der Waals surface area contributed by atoms with E-state index in [1.165, 1.54) is 11.3 Å². The molecule has 152 valence electrons. The number of hydrogen-bond donors (Lipinski definition) is 2. The normalized spacial score (nSPS) is 17.1. The van der Waals surface area contributed by atoms with Crippen molar-refractivity contribution in [3.05, 3.63) is 41.6 Å². The van der Waals surface area contributed by atoms with Crippen LogP contribution in [-0.2, 0) is 5.54 Å². The topological polar surface area (TPSA) is 100 Å². The fraction of sp³-hybridized carbons (Fsp3) is 0.400. The number of amides is 2. The highest BCUT2D eigenvalue weighted by molar-refractivity contribution is 7.22. The monoisotopic (exact) mass is 413 g/mol. The number of carbonyl (C=O) groups excluding carboxylic acids is 2. The third-order valence-electron chi connectivity index (χ3n) is 4.77. The zero-order chi connectivity index (χ0) is 20.8. The van der Waals surface area contributed by atoms with E-state index in [-0.39, 0.29) is 11.8 Å². The van der Waals surface area contributed by atoms with Crippen LogP contribution >= 0.6 is 11.3 Å². The molecule has 8 nitrogen and oxygen atoms in total. The lowest BCUT2D eigenvalue weighted by molar-refractivity contribution is 0.0759. The molecule has 9 heteroatoms. The molecule has 0 radical (unpaired) electrons. The molecule has 4 rings (SSSR count). The highest BCUT2D eigenvalue weighted by Crippen LogP contribution is 2.33. The van der Waals surface area contributed by atoms with E-state index in [2.05, 4.69) is 15.4 Å². The number of nitrogens with one attached hydrogen (secondary N) is 1. The summed E-state index contributed by atoms with van der Waals surface area (Å²) in [5.41, 5.74) is 1.01. The lowest BCUT2D eigenvalue weighted by Crippen LogP contribution is -2.31. The largest absolute Gasteiger partial charge is 0.391 e. The van der Waals surface area contributed by atoms with Crippen molar-refractivity contribution < 1.29 is 14.7 Å². The summed E-state index contributed by atoms with van der Waals surface area (Å²) in [7, 11) is 0. The molecule has 1 saturated heterocycles. The maximum absolute atomic E-state index is 13.0. The van der Waals surface area contributed by atoms with Crippen molar-refractivity contribution in [3.8, 4) is 0 Å². The molecule has 1 aliphatic heterocycles. The molecule has 1 aromatic carbocycles. The van der Waals surface area contributed by atoms with Crippen LogP contribution in [0.15, 0.2) is 30.3 Å². The summed E-state index contributed by atoms with van der Waals surface area (Å²) in [5.74, 6) is -0.480. The smallest absolute Gasteiger partial charge is 0.276 e. The Hall–Kier alpha value is -2.78. The number of β-amino-alcohol motifs (C(OH)–C–C–N with tert-alkyl or cyclic N) is 1. The van der Waals surface area contributed by atoms with Gasteiger partial charge in [0.1, 0.15) is 4.70 Å². The van der Waals surface area contributed by atoms with Gasteiger partial charge in [-0.05, 0) is 39.3 Å². The molecule has 0 unspecified atom stereocenters. The highest BCUT2D eigenvalue weighted by atomic mass is 32.1. The van der Waals surface area contributed by atoms with Crippen LogP contribution in [0.3, 0.4) is 0 Å². The van der Waals surface area contributed by atoms with Gasteiger partial charge in [-0.3, -0.25) is 14.9 Å². The van der Waals surface area contributed by atoms with Crippen LogP contribution in [0.1, 0.15) is 48.0 Å². The van der Waals surface area contributed by atoms with Crippen molar-refractivity contribution in [3.63, 3.8) is 0 Å². The summed E-state index contributed by atoms with van der Waals surface area (Å²) < 4.78 is 2.35. The number of thiazole rings is 1. The number of benzene rings is 1. The third-order valence-corrected chi connectivity index (χ3v) is 5.74. The Bertz CT molecular complexity index is 1070. The summed E-state index contributed by atoms with van der Waals surface area (Å²) in [6.45, 7) is 6.75. The first kappa shape index (κ1) is 19.5. The van der Waals surface area contributed by atoms with Crippen LogP contribution in [0, 0.1) is 0 Å². The molecule has 0 aliphatic carbocycles. The number of fused-ring (bicyclic) bond motifs is 1. The molecule has 3 heterocycles. The summed E-state index contributed by atoms with van der Waals surface area (Å²) in [6, 6.07) is 8.90. The molecular formula is C20H23N5O3S. The van der Waals surface area contributed by atoms with Gasteiger partial charge in [-0.25, -0.2) is 4.68 Å². The molecule has 1 atom stereocenters. The Morgan fingerprint density at radius 1 is 1.24 bits per heavy atom. The van der Waals surface area contributed by atoms with E-state index in [1.54, 1.807) is 33.8 Å². The van der Waals surface area contributed by atoms with Crippen LogP contribution < -0.4 is 5.32 Å². The number of nitrogens with zero attached hydrogens (tertiary/aromatic N) is 4. The summed E-state index contributed by atoms with van der Waals surface area (Å²) in [5, 5.41) is 17.6. The summed E-state index contributed by atoms with van der Waals surface area (Å²) in [4.78, 5) is 31.7. The fourth-order valence-electron chi connectivity index (χ4n) is 3.30. The Morgan fingerprint density at radius 3 is 2.59 bits per heavy atom. The van der Waals surface area contributed by atoms with E-state index in [4.69, 9.17) is 0 Å². The average molecular weight is 414 g/mol. The first-order chi connectivity index (χ1) is 13.7. The van der Waals surface area contributed by atoms with Crippen LogP contribution in [0.4, 0.5) is 5.13 Å². The molecule has 0 bridgehead atoms. The third kappa shape index (κ3) is 3.75. The van der Waals surface area contributed by atoms with Gasteiger partial charge in [0, 0.05) is 18.7 Å². The van der Waals surface area contributed by atoms with Crippen LogP contribution in [0.2, 0.25) is 0 Å². The quantitative estimate of drug-likeness (QED) is 0.688. The lowest BCUT2D eigenvalue weighted by atomic mass is 10.1. The Morgan fingerprint density at radius 2 is 1.97 bits per heavy atom. The van der Waals surface area contributed by atoms with Gasteiger partial charge < -0.3 is 10.0 Å². The van der Waals surface area contributed by atoms with Gasteiger partial charge in [0.05, 0.1) is 11.6 Å². The maximum Gasteiger partial charge on any atom is 0.276 e. The fourth-order valence-corrected chi connectivity index (χ4v) is 4.22. The zero-order valence-corrected chi connectivity index (χ0v) is 17.4. The predicted octanol–water partition coefficient (Wildman–Crippen LogP) is 2.71. The number of rotatable bonds is 3. The van der Waals surface area contributed by atoms with E-state index in [9.17, 15) is 14.7 Å². The SMILES string of the molecule is CC(C)(C)n1nc(C(=O)N2CC[C@H](O)C2)c2sc(NC(=O)c3ccccc3)nc21. The molecule has 2 N–H and O–H groups in total. The molecular weight excluding hydrogens is 390 g/mol. The second kappa shape index (κ2) is 7.23. The number of likely N-dealkylation sites (tertiary alicyclic amines) is 1. The predicted molar refractivity (Wildman–Crippen MR) is 111 cm³/mol. The number of carbonyl (C=O) groups is 2. The zero-order valence-electron chi connectivity index (χ0n) is 16.5. The van der Waals surface area contributed by atoms with Crippen molar-refractivity contribution in [2.45, 2.75) is 38.8 Å². The molecule has 1 fully saturated rings. The molecule has 2 aromatic heterocycles. The molecule has 3 aromatic rings. The average Bonchev–Trinajstić information content (AvgIpc) is 3.36. The Kier molecular flexibility index (Phi) is 4.87. The minimum Gasteiger partial charge on any atom is -0.391 e. The first-order valence-corrected chi connectivity index (χ1v) is 10.3. The van der Waals surface area contributed by atoms with E-state index >= 15 is 0 Å². The summed E-state index contributed by atoms with van der Waals surface area (Å²) in [6.07, 6.45) is 0.0666. The number of anilines is 1. The molecule has 29 heavy (non-hydrogen) atoms. The van der Waals surface area contributed by atoms with E-state index < -0.39 is 11.6 Å². The Balaban J connectivity index is 1.71. The number of aliphatic hydroxyl groups excluding tert-OH is 1. The number of aliphatic hydroxyl groups is 1. The standard InChI is InChI=1S/C20H23N5O3S/c1-20(2,3)25-16-15(14(23-25)18(28)24-10-9-13(26)11-24)29-19(21-16)22-17(27)12-7-5-4-6-8-12/h4-8,13,26H,9-11H2,1-3H3,(H,21,22,27)/t13-/m0/s1. The molecule has 1 aliphatic rings. The van der Waals surface area contributed by atoms with Crippen molar-refractivity contribution >= 4 is 38.6 Å². The number of aromatic nitrogens is 3. The Labute approximate surface area is 172 Å². The summed E-state index contributed by atoms with van der Waals surface area (Å²) >= 11 is 1.24. The first-order valence-electron chi connectivity index (χ1n) is 9.48. The van der Waals surface area contributed by atoms with Crippen LogP contribution in [0.5, 0.6) is 0 Å². The van der Waals surface area contributed by atoms with E-state index in [0.29, 0.717) is 46.2 Å². The molecule has 0 spiro atoms. The maximum atomic E-state index is 13.0. The second-order valence-corrected chi connectivity index (χ2v) is 9.12. The van der Waals surface area contributed by atoms with Crippen molar-refractivity contribution in [1.82, 2.24) is 19.7 Å². The van der Waals surface area contributed by atoms with E-state index in [1.807, 2.05) is 26.8 Å². The van der Waals surface area contributed by atoms with Gasteiger partial charge in [-0.2, -0.15) is 10.1 Å². The number of hydrogen-bond acceptors (Lipinski definition) is 6. The van der Waals surface area contributed by atoms with Gasteiger partial charge in [-0.1, -0.05) is 29.5 Å². The van der Waals surface area contributed by atoms with Crippen molar-refractivity contribution in [1.29, 1.82) is 0 Å². The van der Waals surface area contributed by atoms with Crippen LogP contribution in [0.25, 0.3) is 10.3 Å². The van der Waals surface area contributed by atoms with E-state index in [0.717, 1.165) is 0 Å². The molecule has 0 saturated carbocycles. The molecule has 2 amide bonds. The minimum absolute atomic E-state index is 0.223. The minimum atomic E-state index is -0.499. The lowest BCUT2D eigenvalue weighted by Gasteiger charge is -2.19. The van der Waals surface area contributed by atoms with Gasteiger partial charge in [0.15, 0.2) is 16.5 Å². The van der Waals surface area contributed by atoms with Gasteiger partial charge in [-0.15, -0.1) is 0 Å². The highest BCUT2D eigenvalue weighted by Gasteiger charge is 2.32. The van der Waals surface area contributed by atoms with Crippen molar-refractivity contribution in [2.24, 2.45) is 0 Å². The van der Waals surface area contributed by atoms with Gasteiger partial charge in [0.25, 0.3) is 11.8 Å². The van der Waals surface area contributed by atoms with Gasteiger partial charge >= 0.3 is 0 Å². The van der Waals surface area contributed by atoms with Gasteiger partial charge in [0.2, 0.25) is 0 Å². The van der Waals surface area contributed by atoms with Crippen molar-refractivity contribution in [2.75, 3.05) is 18.4 Å².